The first-order valence-electron chi connectivity index (χ1n) is 6.52. The maximum absolute atomic E-state index is 10.8. The highest BCUT2D eigenvalue weighted by molar-refractivity contribution is 5.72. The van der Waals surface area contributed by atoms with Crippen LogP contribution in [-0.2, 0) is 9.53 Å². The van der Waals surface area contributed by atoms with Crippen LogP contribution < -0.4 is 4.90 Å². The highest BCUT2D eigenvalue weighted by Crippen LogP contribution is 2.24. The van der Waals surface area contributed by atoms with Crippen molar-refractivity contribution in [3.05, 3.63) is 24.3 Å². The number of carboxylic acid groups (broad SMARTS) is 1. The fourth-order valence-corrected chi connectivity index (χ4v) is 2.37. The minimum absolute atomic E-state index is 0.0663. The molecule has 2 N–H and O–H groups in total. The number of aliphatic carboxylic acids is 1. The van der Waals surface area contributed by atoms with Gasteiger partial charge in [0.2, 0.25) is 0 Å². The Morgan fingerprint density at radius 1 is 1.47 bits per heavy atom. The van der Waals surface area contributed by atoms with Gasteiger partial charge in [0.15, 0.2) is 6.10 Å². The number of carbonyl (C=O) groups is 1. The normalized spacial score (nSPS) is 22.4. The second-order valence-corrected chi connectivity index (χ2v) is 4.72. The second kappa shape index (κ2) is 5.93. The Balaban J connectivity index is 1.99. The molecule has 2 atom stereocenters. The van der Waals surface area contributed by atoms with Crippen LogP contribution in [0, 0.1) is 0 Å². The van der Waals surface area contributed by atoms with Crippen molar-refractivity contribution in [1.82, 2.24) is 0 Å². The highest BCUT2D eigenvalue weighted by atomic mass is 16.5. The minimum Gasteiger partial charge on any atom is -0.508 e. The molecule has 104 valence electrons. The first kappa shape index (κ1) is 13.7. The molecule has 1 aromatic carbocycles. The molecule has 1 saturated heterocycles. The van der Waals surface area contributed by atoms with Crippen molar-refractivity contribution in [1.29, 1.82) is 0 Å². The van der Waals surface area contributed by atoms with Crippen molar-refractivity contribution in [2.24, 2.45) is 0 Å². The maximum atomic E-state index is 10.8. The summed E-state index contributed by atoms with van der Waals surface area (Å²) in [5, 5.41) is 18.4. The summed E-state index contributed by atoms with van der Waals surface area (Å²) in [5.74, 6) is -0.658. The molecule has 1 aromatic rings. The van der Waals surface area contributed by atoms with Crippen molar-refractivity contribution >= 4 is 11.7 Å². The van der Waals surface area contributed by atoms with Gasteiger partial charge >= 0.3 is 5.97 Å². The number of phenols is 1. The lowest BCUT2D eigenvalue weighted by atomic mass is 10.1. The first-order chi connectivity index (χ1) is 9.10. The van der Waals surface area contributed by atoms with Crippen LogP contribution in [0.1, 0.15) is 19.8 Å². The predicted molar refractivity (Wildman–Crippen MR) is 71.5 cm³/mol. The number of aromatic hydroxyl groups is 1. The van der Waals surface area contributed by atoms with Crippen LogP contribution >= 0.6 is 0 Å². The van der Waals surface area contributed by atoms with E-state index >= 15 is 0 Å². The zero-order valence-corrected chi connectivity index (χ0v) is 11.0. The van der Waals surface area contributed by atoms with E-state index in [1.165, 1.54) is 0 Å². The van der Waals surface area contributed by atoms with Gasteiger partial charge in [-0.1, -0.05) is 6.07 Å². The Bertz CT molecular complexity index is 449. The summed E-state index contributed by atoms with van der Waals surface area (Å²) in [6.45, 7) is 3.44. The number of carboxylic acids is 1. The van der Waals surface area contributed by atoms with Crippen LogP contribution in [0.15, 0.2) is 24.3 Å². The molecule has 1 heterocycles. The summed E-state index contributed by atoms with van der Waals surface area (Å²) in [7, 11) is 0. The van der Waals surface area contributed by atoms with Gasteiger partial charge in [0.1, 0.15) is 5.75 Å². The summed E-state index contributed by atoms with van der Waals surface area (Å²) >= 11 is 0. The quantitative estimate of drug-likeness (QED) is 0.850. The fraction of sp³-hybridized carbons (Fsp3) is 0.500. The Kier molecular flexibility index (Phi) is 4.27. The van der Waals surface area contributed by atoms with Crippen molar-refractivity contribution in [3.63, 3.8) is 0 Å². The highest BCUT2D eigenvalue weighted by Gasteiger charge is 2.31. The first-order valence-corrected chi connectivity index (χ1v) is 6.52. The molecule has 5 heteroatoms. The maximum Gasteiger partial charge on any atom is 0.332 e. The van der Waals surface area contributed by atoms with E-state index in [9.17, 15) is 9.90 Å². The molecule has 1 fully saturated rings. The molecule has 0 spiro atoms. The molecule has 0 saturated carbocycles. The van der Waals surface area contributed by atoms with Crippen molar-refractivity contribution in [3.8, 4) is 5.75 Å². The molecule has 2 rings (SSSR count). The lowest BCUT2D eigenvalue weighted by Crippen LogP contribution is -2.33. The van der Waals surface area contributed by atoms with Crippen LogP contribution in [0.2, 0.25) is 0 Å². The third-order valence-electron chi connectivity index (χ3n) is 3.38. The molecular formula is C14H19NO4. The number of rotatable bonds is 5. The lowest BCUT2D eigenvalue weighted by molar-refractivity contribution is -0.149. The van der Waals surface area contributed by atoms with E-state index in [-0.39, 0.29) is 11.9 Å². The number of phenolic OH excluding ortho intramolecular Hbond substituents is 1. The SMILES string of the molecule is CCN(CC1CCC(C(=O)O)O1)c1cccc(O)c1. The number of hydrogen-bond acceptors (Lipinski definition) is 4. The van der Waals surface area contributed by atoms with Gasteiger partial charge in [-0.05, 0) is 31.9 Å². The van der Waals surface area contributed by atoms with Crippen molar-refractivity contribution < 1.29 is 19.7 Å². The number of likely N-dealkylation sites (N-methyl/N-ethyl adjacent to an activating group) is 1. The van der Waals surface area contributed by atoms with E-state index in [1.807, 2.05) is 13.0 Å². The second-order valence-electron chi connectivity index (χ2n) is 4.72. The average molecular weight is 265 g/mol. The van der Waals surface area contributed by atoms with Crippen LogP contribution in [0.5, 0.6) is 5.75 Å². The molecule has 0 bridgehead atoms. The molecule has 0 aliphatic carbocycles. The summed E-state index contributed by atoms with van der Waals surface area (Å²) in [4.78, 5) is 12.9. The van der Waals surface area contributed by atoms with E-state index < -0.39 is 12.1 Å². The molecule has 1 aliphatic rings. The molecule has 0 amide bonds. The molecule has 5 nitrogen and oxygen atoms in total. The average Bonchev–Trinajstić information content (AvgIpc) is 2.84. The van der Waals surface area contributed by atoms with E-state index in [2.05, 4.69) is 4.90 Å². The Morgan fingerprint density at radius 2 is 2.26 bits per heavy atom. The minimum atomic E-state index is -0.886. The third-order valence-corrected chi connectivity index (χ3v) is 3.38. The standard InChI is InChI=1S/C14H19NO4/c1-2-15(10-4-3-5-11(16)8-10)9-12-6-7-13(19-12)14(17)18/h3-5,8,12-13,16H,2,6-7,9H2,1H3,(H,17,18). The van der Waals surface area contributed by atoms with E-state index in [0.717, 1.165) is 18.7 Å². The topological polar surface area (TPSA) is 70.0 Å². The van der Waals surface area contributed by atoms with E-state index in [4.69, 9.17) is 9.84 Å². The Labute approximate surface area is 112 Å². The van der Waals surface area contributed by atoms with Crippen LogP contribution in [0.3, 0.4) is 0 Å². The van der Waals surface area contributed by atoms with Gasteiger partial charge < -0.3 is 19.8 Å². The fourth-order valence-electron chi connectivity index (χ4n) is 2.37. The van der Waals surface area contributed by atoms with Crippen molar-refractivity contribution in [2.75, 3.05) is 18.0 Å². The number of nitrogens with zero attached hydrogens (tertiary/aromatic N) is 1. The van der Waals surface area contributed by atoms with Gasteiger partial charge in [0.05, 0.1) is 6.10 Å². The van der Waals surface area contributed by atoms with Crippen LogP contribution in [0.4, 0.5) is 5.69 Å². The Morgan fingerprint density at radius 3 is 2.84 bits per heavy atom. The molecular weight excluding hydrogens is 246 g/mol. The van der Waals surface area contributed by atoms with Gasteiger partial charge in [-0.15, -0.1) is 0 Å². The summed E-state index contributed by atoms with van der Waals surface area (Å²) < 4.78 is 5.50. The van der Waals surface area contributed by atoms with E-state index in [0.29, 0.717) is 13.0 Å². The number of ether oxygens (including phenoxy) is 1. The van der Waals surface area contributed by atoms with Gasteiger partial charge in [-0.2, -0.15) is 0 Å². The number of benzene rings is 1. The summed E-state index contributed by atoms with van der Waals surface area (Å²) in [6, 6.07) is 7.05. The molecule has 1 aliphatic heterocycles. The largest absolute Gasteiger partial charge is 0.508 e. The Hall–Kier alpha value is -1.75. The van der Waals surface area contributed by atoms with Crippen molar-refractivity contribution in [2.45, 2.75) is 32.0 Å². The summed E-state index contributed by atoms with van der Waals surface area (Å²) in [5.41, 5.74) is 0.921. The molecule has 2 unspecified atom stereocenters. The molecule has 0 aromatic heterocycles. The van der Waals surface area contributed by atoms with Crippen LogP contribution in [-0.4, -0.2) is 41.5 Å². The van der Waals surface area contributed by atoms with Crippen LogP contribution in [0.25, 0.3) is 0 Å². The number of anilines is 1. The zero-order chi connectivity index (χ0) is 13.8. The van der Waals surface area contributed by atoms with E-state index in [1.54, 1.807) is 18.2 Å². The third kappa shape index (κ3) is 3.38. The zero-order valence-electron chi connectivity index (χ0n) is 11.0. The monoisotopic (exact) mass is 265 g/mol. The van der Waals surface area contributed by atoms with Gasteiger partial charge in [-0.25, -0.2) is 4.79 Å². The molecule has 0 radical (unpaired) electrons. The molecule has 19 heavy (non-hydrogen) atoms. The lowest BCUT2D eigenvalue weighted by Gasteiger charge is -2.26. The van der Waals surface area contributed by atoms with Gasteiger partial charge in [0, 0.05) is 24.8 Å². The number of hydrogen-bond donors (Lipinski definition) is 2. The predicted octanol–water partition coefficient (Wildman–Crippen LogP) is 1.85. The van der Waals surface area contributed by atoms with Gasteiger partial charge in [0.25, 0.3) is 0 Å². The van der Waals surface area contributed by atoms with Gasteiger partial charge in [-0.3, -0.25) is 0 Å². The smallest absolute Gasteiger partial charge is 0.332 e. The summed E-state index contributed by atoms with van der Waals surface area (Å²) in [6.07, 6.45) is 0.584.